The van der Waals surface area contributed by atoms with E-state index in [0.29, 0.717) is 18.7 Å². The summed E-state index contributed by atoms with van der Waals surface area (Å²) >= 11 is 0. The molecule has 0 saturated heterocycles. The van der Waals surface area contributed by atoms with Gasteiger partial charge >= 0.3 is 0 Å². The first-order chi connectivity index (χ1) is 16.5. The third-order valence-electron chi connectivity index (χ3n) is 4.30. The molecule has 0 saturated carbocycles. The van der Waals surface area contributed by atoms with Crippen molar-refractivity contribution in [3.05, 3.63) is 53.9 Å². The fourth-order valence-electron chi connectivity index (χ4n) is 2.61. The van der Waals surface area contributed by atoms with E-state index in [1.54, 1.807) is 24.5 Å². The first kappa shape index (κ1) is 33.2. The molecule has 0 heterocycles. The molecule has 0 fully saturated rings. The number of ether oxygens (including phenoxy) is 1. The van der Waals surface area contributed by atoms with Gasteiger partial charge in [-0.25, -0.2) is 0 Å². The summed E-state index contributed by atoms with van der Waals surface area (Å²) in [5, 5.41) is 11.9. The lowest BCUT2D eigenvalue weighted by atomic mass is 10.1. The number of benzene rings is 1. The molecule has 0 aliphatic carbocycles. The van der Waals surface area contributed by atoms with Crippen LogP contribution in [0.1, 0.15) is 65.9 Å². The Bertz CT molecular complexity index is 736. The molecule has 7 nitrogen and oxygen atoms in total. The van der Waals surface area contributed by atoms with E-state index in [0.717, 1.165) is 17.0 Å². The van der Waals surface area contributed by atoms with Gasteiger partial charge in [-0.15, -0.1) is 0 Å². The summed E-state index contributed by atoms with van der Waals surface area (Å²) < 4.78 is 5.23. The molecule has 1 rings (SSSR count). The van der Waals surface area contributed by atoms with Gasteiger partial charge in [-0.2, -0.15) is 5.10 Å². The molecule has 0 aliphatic heterocycles. The maximum atomic E-state index is 10.5. The van der Waals surface area contributed by atoms with Crippen LogP contribution in [-0.4, -0.2) is 57.6 Å². The molecule has 0 bridgehead atoms. The Morgan fingerprint density at radius 2 is 1.94 bits per heavy atom. The van der Waals surface area contributed by atoms with Crippen LogP contribution in [0.3, 0.4) is 0 Å². The number of rotatable bonds is 14. The monoisotopic (exact) mass is 473 g/mol. The highest BCUT2D eigenvalue weighted by atomic mass is 16.5. The number of carbonyl (C=O) groups is 1. The highest BCUT2D eigenvalue weighted by molar-refractivity contribution is 5.98. The molecule has 192 valence electrons. The highest BCUT2D eigenvalue weighted by Crippen LogP contribution is 2.13. The molecule has 0 unspecified atom stereocenters. The van der Waals surface area contributed by atoms with Gasteiger partial charge in [0.2, 0.25) is 6.41 Å². The predicted octanol–water partition coefficient (Wildman–Crippen LogP) is 5.40. The van der Waals surface area contributed by atoms with Crippen molar-refractivity contribution >= 4 is 18.3 Å². The Morgan fingerprint density at radius 3 is 2.53 bits per heavy atom. The van der Waals surface area contributed by atoms with Crippen molar-refractivity contribution < 1.29 is 9.53 Å². The summed E-state index contributed by atoms with van der Waals surface area (Å²) in [7, 11) is 5.46. The number of allylic oxidation sites excluding steroid dienone is 2. The average molecular weight is 474 g/mol. The minimum atomic E-state index is 0.329. The molecule has 34 heavy (non-hydrogen) atoms. The van der Waals surface area contributed by atoms with Crippen molar-refractivity contribution in [2.75, 3.05) is 34.3 Å². The first-order valence-corrected chi connectivity index (χ1v) is 12.1. The van der Waals surface area contributed by atoms with Crippen LogP contribution in [0, 0.1) is 0 Å². The fourth-order valence-corrected chi connectivity index (χ4v) is 2.61. The molecule has 0 aromatic heterocycles. The summed E-state index contributed by atoms with van der Waals surface area (Å²) in [6, 6.07) is 7.71. The van der Waals surface area contributed by atoms with Crippen molar-refractivity contribution in [3.8, 4) is 5.75 Å². The number of hydrazone groups is 1. The van der Waals surface area contributed by atoms with E-state index in [9.17, 15) is 4.79 Å². The zero-order valence-electron chi connectivity index (χ0n) is 22.6. The van der Waals surface area contributed by atoms with Gasteiger partial charge in [0.25, 0.3) is 0 Å². The number of aliphatic imine (C=N–C) groups is 1. The second kappa shape index (κ2) is 24.7. The second-order valence-electron chi connectivity index (χ2n) is 7.08. The number of methoxy groups -OCH3 is 1. The van der Waals surface area contributed by atoms with Crippen LogP contribution < -0.4 is 15.4 Å². The number of amides is 1. The number of hydrogen-bond donors (Lipinski definition) is 2. The zero-order chi connectivity index (χ0) is 26.0. The Balaban J connectivity index is 0. The molecule has 7 heteroatoms. The summed E-state index contributed by atoms with van der Waals surface area (Å²) in [4.78, 5) is 14.8. The van der Waals surface area contributed by atoms with Crippen LogP contribution in [0.15, 0.2) is 58.4 Å². The maximum Gasteiger partial charge on any atom is 0.207 e. The third kappa shape index (κ3) is 18.6. The minimum Gasteiger partial charge on any atom is -0.497 e. The Morgan fingerprint density at radius 1 is 1.21 bits per heavy atom. The zero-order valence-corrected chi connectivity index (χ0v) is 22.6. The van der Waals surface area contributed by atoms with E-state index in [1.165, 1.54) is 32.2 Å². The molecule has 0 spiro atoms. The predicted molar refractivity (Wildman–Crippen MR) is 148 cm³/mol. The van der Waals surface area contributed by atoms with Crippen LogP contribution in [0.4, 0.5) is 0 Å². The van der Waals surface area contributed by atoms with Gasteiger partial charge in [-0.1, -0.05) is 58.2 Å². The normalized spacial score (nSPS) is 11.4. The molecule has 2 N–H and O–H groups in total. The lowest BCUT2D eigenvalue weighted by Gasteiger charge is -2.12. The Kier molecular flexibility index (Phi) is 24.2. The van der Waals surface area contributed by atoms with E-state index < -0.39 is 0 Å². The molecule has 1 amide bonds. The van der Waals surface area contributed by atoms with Crippen molar-refractivity contribution in [1.82, 2.24) is 15.6 Å². The molecule has 0 atom stereocenters. The Hall–Kier alpha value is -2.93. The molecule has 0 aliphatic rings. The highest BCUT2D eigenvalue weighted by Gasteiger charge is 2.02. The van der Waals surface area contributed by atoms with Gasteiger partial charge in [-0.05, 0) is 52.1 Å². The van der Waals surface area contributed by atoms with Gasteiger partial charge in [0, 0.05) is 25.0 Å². The SMILES string of the molecule is CC.CCCCCCNC.C\C=C/C=N\C(=C/N(C)/N=C(\C)c1cccc(OC)c1)CNC=O. The smallest absolute Gasteiger partial charge is 0.207 e. The van der Waals surface area contributed by atoms with Crippen LogP contribution in [-0.2, 0) is 4.79 Å². The Labute approximate surface area is 208 Å². The van der Waals surface area contributed by atoms with Gasteiger partial charge in [0.1, 0.15) is 5.75 Å². The van der Waals surface area contributed by atoms with Crippen LogP contribution in [0.5, 0.6) is 5.75 Å². The lowest BCUT2D eigenvalue weighted by molar-refractivity contribution is -0.109. The van der Waals surface area contributed by atoms with Crippen molar-refractivity contribution in [2.24, 2.45) is 10.1 Å². The summed E-state index contributed by atoms with van der Waals surface area (Å²) in [5.41, 5.74) is 2.50. The molecule has 1 aromatic carbocycles. The number of unbranched alkanes of at least 4 members (excludes halogenated alkanes) is 3. The average Bonchev–Trinajstić information content (AvgIpc) is 2.86. The fraction of sp³-hybridized carbons (Fsp3) is 0.519. The standard InChI is InChI=1S/C18H24N4O2.C7H17N.C2H6/c1-5-6-10-20-17(12-19-14-23)13-22(3)21-15(2)16-8-7-9-18(11-16)24-4;1-3-4-5-6-7-8-2;1-2/h5-11,13-14H,12H2,1-4H3,(H,19,23);8H,3-7H2,1-2H3;1-2H3/b6-5-,17-13-,20-10-,21-15+;;. The van der Waals surface area contributed by atoms with Gasteiger partial charge < -0.3 is 15.4 Å². The number of nitrogens with zero attached hydrogens (tertiary/aromatic N) is 3. The third-order valence-corrected chi connectivity index (χ3v) is 4.30. The number of carbonyl (C=O) groups excluding carboxylic acids is 1. The van der Waals surface area contributed by atoms with Crippen molar-refractivity contribution in [3.63, 3.8) is 0 Å². The van der Waals surface area contributed by atoms with Crippen molar-refractivity contribution in [1.29, 1.82) is 0 Å². The number of nitrogens with one attached hydrogen (secondary N) is 2. The van der Waals surface area contributed by atoms with Crippen LogP contribution in [0.25, 0.3) is 0 Å². The van der Waals surface area contributed by atoms with Gasteiger partial charge in [0.15, 0.2) is 0 Å². The van der Waals surface area contributed by atoms with E-state index in [-0.39, 0.29) is 0 Å². The van der Waals surface area contributed by atoms with Crippen LogP contribution >= 0.6 is 0 Å². The summed E-state index contributed by atoms with van der Waals surface area (Å²) in [6.07, 6.45) is 13.2. The molecule has 0 radical (unpaired) electrons. The van der Waals surface area contributed by atoms with Crippen LogP contribution in [0.2, 0.25) is 0 Å². The maximum absolute atomic E-state index is 10.5. The van der Waals surface area contributed by atoms with E-state index in [1.807, 2.05) is 78.2 Å². The quantitative estimate of drug-likeness (QED) is 0.164. The summed E-state index contributed by atoms with van der Waals surface area (Å²) in [6.45, 7) is 11.6. The second-order valence-corrected chi connectivity index (χ2v) is 7.08. The molecule has 1 aromatic rings. The lowest BCUT2D eigenvalue weighted by Crippen LogP contribution is -2.16. The van der Waals surface area contributed by atoms with Gasteiger partial charge in [0.05, 0.1) is 25.1 Å². The minimum absolute atomic E-state index is 0.329. The van der Waals surface area contributed by atoms with E-state index >= 15 is 0 Å². The van der Waals surface area contributed by atoms with Gasteiger partial charge in [-0.3, -0.25) is 14.8 Å². The first-order valence-electron chi connectivity index (χ1n) is 12.1. The molecular weight excluding hydrogens is 426 g/mol. The largest absolute Gasteiger partial charge is 0.497 e. The molecular formula is C27H47N5O2. The van der Waals surface area contributed by atoms with E-state index in [2.05, 4.69) is 27.7 Å². The van der Waals surface area contributed by atoms with E-state index in [4.69, 9.17) is 4.74 Å². The van der Waals surface area contributed by atoms with Crippen molar-refractivity contribution in [2.45, 2.75) is 60.3 Å². The topological polar surface area (TPSA) is 78.3 Å². The summed E-state index contributed by atoms with van der Waals surface area (Å²) in [5.74, 6) is 0.784. The number of hydrogen-bond acceptors (Lipinski definition) is 6.